The van der Waals surface area contributed by atoms with Crippen molar-refractivity contribution < 1.29 is 4.79 Å². The van der Waals surface area contributed by atoms with Crippen LogP contribution in [0.4, 0.5) is 11.8 Å². The lowest BCUT2D eigenvalue weighted by Gasteiger charge is -2.43. The molecule has 4 heterocycles. The van der Waals surface area contributed by atoms with Crippen LogP contribution in [-0.2, 0) is 4.79 Å². The third-order valence-electron chi connectivity index (χ3n) is 9.09. The van der Waals surface area contributed by atoms with Crippen molar-refractivity contribution in [1.29, 1.82) is 0 Å². The molecule has 2 atom stereocenters. The predicted molar refractivity (Wildman–Crippen MR) is 165 cm³/mol. The molecule has 1 aromatic heterocycles. The molecule has 1 N–H and O–H groups in total. The van der Waals surface area contributed by atoms with E-state index >= 15 is 0 Å². The number of amides is 1. The normalized spacial score (nSPS) is 22.4. The van der Waals surface area contributed by atoms with Crippen molar-refractivity contribution in [2.45, 2.75) is 69.4 Å². The Kier molecular flexibility index (Phi) is 9.11. The van der Waals surface area contributed by atoms with E-state index in [1.165, 1.54) is 25.7 Å². The van der Waals surface area contributed by atoms with Crippen LogP contribution >= 0.6 is 0 Å². The Morgan fingerprint density at radius 1 is 0.756 bits per heavy atom. The Hall–Kier alpha value is -3.45. The maximum absolute atomic E-state index is 14.1. The fraction of sp³-hybridized carbons (Fsp3) is 0.500. The van der Waals surface area contributed by atoms with Crippen molar-refractivity contribution in [3.63, 3.8) is 0 Å². The molecule has 216 valence electrons. The second-order valence-corrected chi connectivity index (χ2v) is 12.0. The fourth-order valence-corrected chi connectivity index (χ4v) is 6.94. The van der Waals surface area contributed by atoms with Crippen LogP contribution in [0, 0.1) is 0 Å². The predicted octanol–water partition coefficient (Wildman–Crippen LogP) is 5.56. The summed E-state index contributed by atoms with van der Waals surface area (Å²) in [5.41, 5.74) is 2.13. The first-order valence-electron chi connectivity index (χ1n) is 15.7. The van der Waals surface area contributed by atoms with Gasteiger partial charge in [-0.2, -0.15) is 4.98 Å². The average Bonchev–Trinajstić information content (AvgIpc) is 3.33. The summed E-state index contributed by atoms with van der Waals surface area (Å²) in [6.07, 6.45) is 11.4. The summed E-state index contributed by atoms with van der Waals surface area (Å²) in [7, 11) is 0. The number of benzene rings is 2. The molecule has 0 aliphatic carbocycles. The molecule has 0 spiro atoms. The maximum Gasteiger partial charge on any atom is 0.234 e. The molecule has 3 aliphatic heterocycles. The van der Waals surface area contributed by atoms with Crippen molar-refractivity contribution in [2.75, 3.05) is 49.5 Å². The number of piperidine rings is 2. The first-order chi connectivity index (χ1) is 20.2. The molecule has 2 unspecified atom stereocenters. The van der Waals surface area contributed by atoms with Crippen molar-refractivity contribution in [1.82, 2.24) is 19.8 Å². The standard InChI is InChI=1S/C34H44N6O/c41-33(32(27-13-5-3-6-14-27)28-15-7-4-8-16-28)40-24-12-18-30(26-40)39-23-11-17-29(25-39)36-34-35-20-19-31(37-34)38-21-9-1-2-10-22-38/h3-8,13-16,19-20,29-30,32H,1-2,9-12,17-18,21-26H2,(H,35,36,37). The summed E-state index contributed by atoms with van der Waals surface area (Å²) in [6.45, 7) is 5.84. The van der Waals surface area contributed by atoms with Crippen LogP contribution in [0.25, 0.3) is 0 Å². The SMILES string of the molecule is O=C(C(c1ccccc1)c1ccccc1)N1CCCC(N2CCCC(Nc3nccc(N4CCCCCC4)n3)C2)C1. The van der Waals surface area contributed by atoms with E-state index in [0.717, 1.165) is 87.8 Å². The number of hydrogen-bond acceptors (Lipinski definition) is 6. The van der Waals surface area contributed by atoms with Gasteiger partial charge in [0.15, 0.2) is 0 Å². The van der Waals surface area contributed by atoms with Crippen molar-refractivity contribution >= 4 is 17.7 Å². The minimum Gasteiger partial charge on any atom is -0.356 e. The Morgan fingerprint density at radius 3 is 2.15 bits per heavy atom. The lowest BCUT2D eigenvalue weighted by atomic mass is 9.89. The summed E-state index contributed by atoms with van der Waals surface area (Å²) in [5, 5.41) is 3.67. The van der Waals surface area contributed by atoms with Gasteiger partial charge in [0.2, 0.25) is 11.9 Å². The molecule has 0 bridgehead atoms. The zero-order chi connectivity index (χ0) is 27.9. The summed E-state index contributed by atoms with van der Waals surface area (Å²) in [6, 6.07) is 23.3. The molecule has 0 radical (unpaired) electrons. The minimum absolute atomic E-state index is 0.220. The van der Waals surface area contributed by atoms with Gasteiger partial charge in [0.25, 0.3) is 0 Å². The number of carbonyl (C=O) groups excluding carboxylic acids is 1. The zero-order valence-electron chi connectivity index (χ0n) is 24.2. The highest BCUT2D eigenvalue weighted by molar-refractivity contribution is 5.87. The third-order valence-corrected chi connectivity index (χ3v) is 9.09. The van der Waals surface area contributed by atoms with Crippen LogP contribution in [0.1, 0.15) is 68.4 Å². The van der Waals surface area contributed by atoms with Gasteiger partial charge >= 0.3 is 0 Å². The smallest absolute Gasteiger partial charge is 0.234 e. The highest BCUT2D eigenvalue weighted by Gasteiger charge is 2.34. The average molecular weight is 553 g/mol. The van der Waals surface area contributed by atoms with Gasteiger partial charge in [0, 0.05) is 51.0 Å². The summed E-state index contributed by atoms with van der Waals surface area (Å²) < 4.78 is 0. The number of carbonyl (C=O) groups is 1. The maximum atomic E-state index is 14.1. The van der Waals surface area contributed by atoms with Crippen LogP contribution in [0.5, 0.6) is 0 Å². The van der Waals surface area contributed by atoms with Crippen LogP contribution in [0.3, 0.4) is 0 Å². The van der Waals surface area contributed by atoms with E-state index in [-0.39, 0.29) is 11.8 Å². The first-order valence-corrected chi connectivity index (χ1v) is 15.7. The van der Waals surface area contributed by atoms with E-state index in [1.54, 1.807) is 0 Å². The van der Waals surface area contributed by atoms with Crippen molar-refractivity contribution in [3.8, 4) is 0 Å². The third kappa shape index (κ3) is 6.89. The topological polar surface area (TPSA) is 64.6 Å². The number of hydrogen-bond donors (Lipinski definition) is 1. The molecule has 6 rings (SSSR count). The Labute approximate surface area is 245 Å². The second-order valence-electron chi connectivity index (χ2n) is 12.0. The molecule has 2 aromatic carbocycles. The largest absolute Gasteiger partial charge is 0.356 e. The fourth-order valence-electron chi connectivity index (χ4n) is 6.94. The molecule has 7 nitrogen and oxygen atoms in total. The van der Waals surface area contributed by atoms with Gasteiger partial charge in [-0.3, -0.25) is 9.69 Å². The van der Waals surface area contributed by atoms with Crippen molar-refractivity contribution in [2.24, 2.45) is 0 Å². The van der Waals surface area contributed by atoms with Gasteiger partial charge in [0.05, 0.1) is 5.92 Å². The molecule has 1 amide bonds. The highest BCUT2D eigenvalue weighted by Crippen LogP contribution is 2.30. The Bertz CT molecular complexity index is 1210. The summed E-state index contributed by atoms with van der Waals surface area (Å²) in [5.74, 6) is 1.75. The molecular weight excluding hydrogens is 508 g/mol. The van der Waals surface area contributed by atoms with Gasteiger partial charge < -0.3 is 15.1 Å². The van der Waals surface area contributed by atoms with Crippen LogP contribution < -0.4 is 10.2 Å². The number of anilines is 2. The molecular formula is C34H44N6O. The Balaban J connectivity index is 1.11. The van der Waals surface area contributed by atoms with Crippen molar-refractivity contribution in [3.05, 3.63) is 84.1 Å². The van der Waals surface area contributed by atoms with Gasteiger partial charge in [-0.05, 0) is 62.3 Å². The molecule has 7 heteroatoms. The summed E-state index contributed by atoms with van der Waals surface area (Å²) >= 11 is 0. The quantitative estimate of drug-likeness (QED) is 0.414. The van der Waals surface area contributed by atoms with Gasteiger partial charge in [-0.1, -0.05) is 73.5 Å². The van der Waals surface area contributed by atoms with Crippen LogP contribution in [0.2, 0.25) is 0 Å². The van der Waals surface area contributed by atoms with Crippen LogP contribution in [0.15, 0.2) is 72.9 Å². The molecule has 3 aromatic rings. The zero-order valence-corrected chi connectivity index (χ0v) is 24.2. The number of nitrogens with zero attached hydrogens (tertiary/aromatic N) is 5. The Morgan fingerprint density at radius 2 is 1.44 bits per heavy atom. The highest BCUT2D eigenvalue weighted by atomic mass is 16.2. The van der Waals surface area contributed by atoms with Gasteiger partial charge in [-0.15, -0.1) is 0 Å². The van der Waals surface area contributed by atoms with E-state index in [4.69, 9.17) is 4.98 Å². The monoisotopic (exact) mass is 552 g/mol. The van der Waals surface area contributed by atoms with Gasteiger partial charge in [0.1, 0.15) is 5.82 Å². The van der Waals surface area contributed by atoms with Crippen LogP contribution in [-0.4, -0.2) is 77.0 Å². The van der Waals surface area contributed by atoms with Gasteiger partial charge in [-0.25, -0.2) is 4.98 Å². The van der Waals surface area contributed by atoms with E-state index in [2.05, 4.69) is 55.3 Å². The molecule has 41 heavy (non-hydrogen) atoms. The van der Waals surface area contributed by atoms with E-state index < -0.39 is 0 Å². The minimum atomic E-state index is -0.263. The second kappa shape index (κ2) is 13.5. The van der Waals surface area contributed by atoms with E-state index in [9.17, 15) is 4.79 Å². The number of aromatic nitrogens is 2. The molecule has 3 fully saturated rings. The number of nitrogens with one attached hydrogen (secondary N) is 1. The van der Waals surface area contributed by atoms with E-state index in [1.807, 2.05) is 42.6 Å². The number of likely N-dealkylation sites (tertiary alicyclic amines) is 2. The molecule has 0 saturated carbocycles. The lowest BCUT2D eigenvalue weighted by Crippen LogP contribution is -2.54. The summed E-state index contributed by atoms with van der Waals surface area (Å²) in [4.78, 5) is 30.7. The number of rotatable bonds is 7. The molecule has 3 aliphatic rings. The molecule has 3 saturated heterocycles. The lowest BCUT2D eigenvalue weighted by molar-refractivity contribution is -0.134. The van der Waals surface area contributed by atoms with E-state index in [0.29, 0.717) is 12.1 Å². The first kappa shape index (κ1) is 27.7.